The predicted molar refractivity (Wildman–Crippen MR) is 109 cm³/mol. The van der Waals surface area contributed by atoms with Crippen LogP contribution >= 0.6 is 11.6 Å². The second-order valence-corrected chi connectivity index (χ2v) is 7.02. The number of hydrogen-bond acceptors (Lipinski definition) is 4. The van der Waals surface area contributed by atoms with Crippen LogP contribution in [0.25, 0.3) is 11.0 Å². The van der Waals surface area contributed by atoms with E-state index in [1.807, 2.05) is 25.1 Å². The zero-order valence-electron chi connectivity index (χ0n) is 15.9. The third-order valence-corrected chi connectivity index (χ3v) is 4.63. The smallest absolute Gasteiger partial charge is 0.244 e. The van der Waals surface area contributed by atoms with Crippen molar-refractivity contribution in [3.8, 4) is 5.75 Å². The molecular weight excluding hydrogens is 380 g/mol. The summed E-state index contributed by atoms with van der Waals surface area (Å²) in [5.41, 5.74) is 3.09. The highest BCUT2D eigenvalue weighted by Gasteiger charge is 2.17. The van der Waals surface area contributed by atoms with Gasteiger partial charge in [0.25, 0.3) is 0 Å². The van der Waals surface area contributed by atoms with Gasteiger partial charge < -0.3 is 19.4 Å². The summed E-state index contributed by atoms with van der Waals surface area (Å²) in [6.07, 6.45) is 1.74. The Balaban J connectivity index is 1.63. The molecule has 28 heavy (non-hydrogen) atoms. The number of aryl methyl sites for hydroxylation is 1. The van der Waals surface area contributed by atoms with Crippen LogP contribution in [-0.4, -0.2) is 37.4 Å². The first kappa shape index (κ1) is 19.8. The summed E-state index contributed by atoms with van der Waals surface area (Å²) < 4.78 is 10.7. The van der Waals surface area contributed by atoms with Crippen LogP contribution < -0.4 is 10.1 Å². The van der Waals surface area contributed by atoms with E-state index in [2.05, 4.69) is 5.32 Å². The lowest BCUT2D eigenvalue weighted by Gasteiger charge is -2.17. The normalized spacial score (nSPS) is 10.7. The van der Waals surface area contributed by atoms with Gasteiger partial charge in [-0.3, -0.25) is 9.59 Å². The first-order chi connectivity index (χ1) is 13.4. The van der Waals surface area contributed by atoms with E-state index in [-0.39, 0.29) is 24.8 Å². The molecule has 0 atom stereocenters. The average molecular weight is 401 g/mol. The van der Waals surface area contributed by atoms with Crippen LogP contribution in [0.2, 0.25) is 5.02 Å². The largest absolute Gasteiger partial charge is 0.495 e. The van der Waals surface area contributed by atoms with Gasteiger partial charge in [-0.25, -0.2) is 0 Å². The average Bonchev–Trinajstić information content (AvgIpc) is 3.03. The van der Waals surface area contributed by atoms with E-state index < -0.39 is 0 Å². The van der Waals surface area contributed by atoms with E-state index in [9.17, 15) is 9.59 Å². The molecule has 0 fully saturated rings. The van der Waals surface area contributed by atoms with Crippen molar-refractivity contribution >= 4 is 40.1 Å². The lowest BCUT2D eigenvalue weighted by Crippen LogP contribution is -2.35. The van der Waals surface area contributed by atoms with Gasteiger partial charge >= 0.3 is 0 Å². The van der Waals surface area contributed by atoms with Crippen LogP contribution in [0, 0.1) is 6.92 Å². The molecule has 1 aromatic heterocycles. The Labute approximate surface area is 168 Å². The second-order valence-electron chi connectivity index (χ2n) is 6.58. The molecule has 1 heterocycles. The van der Waals surface area contributed by atoms with Crippen molar-refractivity contribution in [1.29, 1.82) is 0 Å². The lowest BCUT2D eigenvalue weighted by atomic mass is 10.1. The van der Waals surface area contributed by atoms with Crippen molar-refractivity contribution in [3.05, 3.63) is 58.8 Å². The van der Waals surface area contributed by atoms with E-state index in [0.717, 1.165) is 22.1 Å². The highest BCUT2D eigenvalue weighted by molar-refractivity contribution is 6.31. The Morgan fingerprint density at radius 2 is 2.00 bits per heavy atom. The van der Waals surface area contributed by atoms with E-state index in [1.54, 1.807) is 31.5 Å². The SMILES string of the molecule is COc1ccc(Cl)cc1NC(=O)CN(C)C(=O)Cc1coc2cc(C)ccc12. The number of benzene rings is 2. The van der Waals surface area contributed by atoms with E-state index >= 15 is 0 Å². The lowest BCUT2D eigenvalue weighted by molar-refractivity contribution is -0.132. The predicted octanol–water partition coefficient (Wildman–Crippen LogP) is 4.04. The molecule has 0 spiro atoms. The van der Waals surface area contributed by atoms with Crippen molar-refractivity contribution in [3.63, 3.8) is 0 Å². The van der Waals surface area contributed by atoms with Crippen molar-refractivity contribution < 1.29 is 18.7 Å². The molecule has 0 unspecified atom stereocenters. The van der Waals surface area contributed by atoms with E-state index in [1.165, 1.54) is 12.0 Å². The molecule has 3 rings (SSSR count). The number of likely N-dealkylation sites (N-methyl/N-ethyl adjacent to an activating group) is 1. The molecule has 3 aromatic rings. The summed E-state index contributed by atoms with van der Waals surface area (Å²) >= 11 is 5.97. The number of amides is 2. The summed E-state index contributed by atoms with van der Waals surface area (Å²) in [4.78, 5) is 26.3. The number of carbonyl (C=O) groups excluding carboxylic acids is 2. The van der Waals surface area contributed by atoms with Gasteiger partial charge in [0, 0.05) is 23.0 Å². The highest BCUT2D eigenvalue weighted by atomic mass is 35.5. The zero-order chi connectivity index (χ0) is 20.3. The Morgan fingerprint density at radius 1 is 1.21 bits per heavy atom. The number of methoxy groups -OCH3 is 1. The minimum absolute atomic E-state index is 0.0939. The zero-order valence-corrected chi connectivity index (χ0v) is 16.7. The number of furan rings is 1. The van der Waals surface area contributed by atoms with Gasteiger partial charge in [0.1, 0.15) is 11.3 Å². The number of hydrogen-bond donors (Lipinski definition) is 1. The maximum absolute atomic E-state index is 12.5. The number of halogens is 1. The maximum Gasteiger partial charge on any atom is 0.244 e. The Kier molecular flexibility index (Phi) is 5.90. The molecule has 0 saturated carbocycles. The number of anilines is 1. The van der Waals surface area contributed by atoms with Gasteiger partial charge in [0.2, 0.25) is 11.8 Å². The number of carbonyl (C=O) groups is 2. The summed E-state index contributed by atoms with van der Waals surface area (Å²) in [6, 6.07) is 10.8. The van der Waals surface area contributed by atoms with Crippen molar-refractivity contribution in [2.75, 3.05) is 26.0 Å². The quantitative estimate of drug-likeness (QED) is 0.677. The van der Waals surface area contributed by atoms with Crippen LogP contribution in [0.15, 0.2) is 47.1 Å². The molecule has 0 radical (unpaired) electrons. The van der Waals surface area contributed by atoms with Gasteiger partial charge in [-0.2, -0.15) is 0 Å². The summed E-state index contributed by atoms with van der Waals surface area (Å²) in [6.45, 7) is 1.89. The number of nitrogens with zero attached hydrogens (tertiary/aromatic N) is 1. The fourth-order valence-electron chi connectivity index (χ4n) is 2.90. The minimum atomic E-state index is -0.343. The van der Waals surface area contributed by atoms with Crippen LogP contribution in [-0.2, 0) is 16.0 Å². The molecule has 0 aliphatic rings. The van der Waals surface area contributed by atoms with Crippen molar-refractivity contribution in [1.82, 2.24) is 4.90 Å². The Hall–Kier alpha value is -2.99. The number of nitrogens with one attached hydrogen (secondary N) is 1. The molecule has 2 aromatic carbocycles. The molecule has 146 valence electrons. The first-order valence-electron chi connectivity index (χ1n) is 8.71. The van der Waals surface area contributed by atoms with Crippen molar-refractivity contribution in [2.45, 2.75) is 13.3 Å². The summed E-state index contributed by atoms with van der Waals surface area (Å²) in [7, 11) is 3.09. The molecule has 1 N–H and O–H groups in total. The Morgan fingerprint density at radius 3 is 2.75 bits per heavy atom. The molecule has 0 saturated heterocycles. The number of rotatable bonds is 6. The third kappa shape index (κ3) is 4.46. The minimum Gasteiger partial charge on any atom is -0.495 e. The number of fused-ring (bicyclic) bond motifs is 1. The number of ether oxygens (including phenoxy) is 1. The molecule has 7 heteroatoms. The van der Waals surface area contributed by atoms with Crippen LogP contribution in [0.4, 0.5) is 5.69 Å². The standard InChI is InChI=1S/C21H21ClN2O4/c1-13-4-6-16-14(12-28-19(16)8-13)9-21(26)24(2)11-20(25)23-17-10-15(22)5-7-18(17)27-3/h4-8,10,12H,9,11H2,1-3H3,(H,23,25). The van der Waals surface area contributed by atoms with Gasteiger partial charge in [-0.1, -0.05) is 23.7 Å². The molecular formula is C21H21ClN2O4. The van der Waals surface area contributed by atoms with Crippen LogP contribution in [0.5, 0.6) is 5.75 Å². The van der Waals surface area contributed by atoms with E-state index in [4.69, 9.17) is 20.8 Å². The van der Waals surface area contributed by atoms with Crippen molar-refractivity contribution in [2.24, 2.45) is 0 Å². The molecule has 0 bridgehead atoms. The monoisotopic (exact) mass is 400 g/mol. The molecule has 0 aliphatic carbocycles. The highest BCUT2D eigenvalue weighted by Crippen LogP contribution is 2.27. The fourth-order valence-corrected chi connectivity index (χ4v) is 3.07. The second kappa shape index (κ2) is 8.35. The molecule has 0 aliphatic heterocycles. The fraction of sp³-hybridized carbons (Fsp3) is 0.238. The molecule has 6 nitrogen and oxygen atoms in total. The van der Waals surface area contributed by atoms with Gasteiger partial charge in [0.15, 0.2) is 0 Å². The van der Waals surface area contributed by atoms with Crippen LogP contribution in [0.1, 0.15) is 11.1 Å². The Bertz CT molecular complexity index is 1030. The van der Waals surface area contributed by atoms with Gasteiger partial charge in [-0.15, -0.1) is 0 Å². The summed E-state index contributed by atoms with van der Waals surface area (Å²) in [5.74, 6) is -0.0348. The molecule has 2 amide bonds. The third-order valence-electron chi connectivity index (χ3n) is 4.40. The van der Waals surface area contributed by atoms with E-state index in [0.29, 0.717) is 16.5 Å². The topological polar surface area (TPSA) is 71.8 Å². The maximum atomic E-state index is 12.5. The first-order valence-corrected chi connectivity index (χ1v) is 9.09. The van der Waals surface area contributed by atoms with Gasteiger partial charge in [-0.05, 0) is 36.8 Å². The van der Waals surface area contributed by atoms with Crippen LogP contribution in [0.3, 0.4) is 0 Å². The van der Waals surface area contributed by atoms with Gasteiger partial charge in [0.05, 0.1) is 32.0 Å². The summed E-state index contributed by atoms with van der Waals surface area (Å²) in [5, 5.41) is 4.10.